The molecule has 1 aliphatic heterocycles. The van der Waals surface area contributed by atoms with Gasteiger partial charge in [-0.1, -0.05) is 24.3 Å². The Morgan fingerprint density at radius 3 is 2.63 bits per heavy atom. The Morgan fingerprint density at radius 1 is 1.04 bits per heavy atom. The van der Waals surface area contributed by atoms with E-state index in [9.17, 15) is 9.59 Å². The lowest BCUT2D eigenvalue weighted by Crippen LogP contribution is -2.35. The molecule has 0 N–H and O–H groups in total. The smallest absolute Gasteiger partial charge is 0.308 e. The maximum atomic E-state index is 13.0. The third kappa shape index (κ3) is 5.52. The molecule has 0 spiro atoms. The van der Waals surface area contributed by atoms with Gasteiger partial charge in [0, 0.05) is 43.2 Å². The Balaban J connectivity index is 1.66. The molecule has 0 unspecified atom stereocenters. The van der Waals surface area contributed by atoms with Crippen LogP contribution >= 0.6 is 22.6 Å². The van der Waals surface area contributed by atoms with Crippen molar-refractivity contribution in [1.29, 1.82) is 0 Å². The molecule has 0 aliphatic carbocycles. The number of carbonyl (C=O) groups excluding carboxylic acids is 2. The van der Waals surface area contributed by atoms with Crippen LogP contribution < -0.4 is 4.74 Å². The van der Waals surface area contributed by atoms with E-state index in [2.05, 4.69) is 51.8 Å². The van der Waals surface area contributed by atoms with Gasteiger partial charge in [0.1, 0.15) is 5.75 Å². The van der Waals surface area contributed by atoms with Crippen molar-refractivity contribution in [3.05, 3.63) is 63.2 Å². The van der Waals surface area contributed by atoms with Gasteiger partial charge in [0.05, 0.1) is 5.56 Å². The largest absolute Gasteiger partial charge is 0.426 e. The lowest BCUT2D eigenvalue weighted by Gasteiger charge is -2.23. The first kappa shape index (κ1) is 19.8. The summed E-state index contributed by atoms with van der Waals surface area (Å²) in [6.45, 7) is 5.39. The summed E-state index contributed by atoms with van der Waals surface area (Å²) in [5.41, 5.74) is 1.74. The summed E-state index contributed by atoms with van der Waals surface area (Å²) in [4.78, 5) is 28.5. The summed E-state index contributed by atoms with van der Waals surface area (Å²) in [7, 11) is 0. The van der Waals surface area contributed by atoms with Gasteiger partial charge in [-0.05, 0) is 58.8 Å². The second kappa shape index (κ2) is 9.32. The topological polar surface area (TPSA) is 49.9 Å². The Bertz CT molecular complexity index is 825. The zero-order valence-corrected chi connectivity index (χ0v) is 17.5. The number of esters is 1. The van der Waals surface area contributed by atoms with E-state index in [1.165, 1.54) is 16.1 Å². The molecule has 5 nitrogen and oxygen atoms in total. The van der Waals surface area contributed by atoms with Crippen LogP contribution in [0.15, 0.2) is 48.5 Å². The third-order valence-corrected chi connectivity index (χ3v) is 5.21. The van der Waals surface area contributed by atoms with Crippen molar-refractivity contribution < 1.29 is 14.3 Å². The van der Waals surface area contributed by atoms with E-state index in [1.54, 1.807) is 24.3 Å². The Morgan fingerprint density at radius 2 is 1.85 bits per heavy atom. The van der Waals surface area contributed by atoms with Crippen LogP contribution in [0.25, 0.3) is 0 Å². The second-order valence-electron chi connectivity index (χ2n) is 6.64. The van der Waals surface area contributed by atoms with Crippen LogP contribution in [0, 0.1) is 3.57 Å². The van der Waals surface area contributed by atoms with Crippen LogP contribution in [0.5, 0.6) is 5.75 Å². The predicted molar refractivity (Wildman–Crippen MR) is 113 cm³/mol. The average Bonchev–Trinajstić information content (AvgIpc) is 2.87. The van der Waals surface area contributed by atoms with Crippen molar-refractivity contribution in [3.8, 4) is 5.75 Å². The van der Waals surface area contributed by atoms with Gasteiger partial charge >= 0.3 is 5.97 Å². The molecule has 27 heavy (non-hydrogen) atoms. The van der Waals surface area contributed by atoms with Gasteiger partial charge in [0.2, 0.25) is 0 Å². The molecule has 2 aromatic carbocycles. The van der Waals surface area contributed by atoms with Crippen molar-refractivity contribution in [3.63, 3.8) is 0 Å². The van der Waals surface area contributed by atoms with E-state index < -0.39 is 5.97 Å². The molecule has 1 aliphatic rings. The highest BCUT2D eigenvalue weighted by Crippen LogP contribution is 2.21. The number of nitrogens with zero attached hydrogens (tertiary/aromatic N) is 2. The molecule has 0 atom stereocenters. The molecule has 0 saturated carbocycles. The fourth-order valence-electron chi connectivity index (χ4n) is 3.28. The molecule has 1 heterocycles. The van der Waals surface area contributed by atoms with Crippen LogP contribution in [-0.4, -0.2) is 47.9 Å². The fraction of sp³-hybridized carbons (Fsp3) is 0.333. The molecular formula is C21H23IN2O3. The van der Waals surface area contributed by atoms with E-state index >= 15 is 0 Å². The summed E-state index contributed by atoms with van der Waals surface area (Å²) in [6.07, 6.45) is 0.922. The zero-order chi connectivity index (χ0) is 19.2. The van der Waals surface area contributed by atoms with Gasteiger partial charge in [-0.2, -0.15) is 0 Å². The standard InChI is InChI=1S/C21H23IN2O3/c1-16(25)27-20-9-3-2-8-19(20)21(26)24-11-5-10-23(12-13-24)15-17-6-4-7-18(22)14-17/h2-4,6-9,14H,5,10-13,15H2,1H3. The molecule has 1 amide bonds. The second-order valence-corrected chi connectivity index (χ2v) is 7.89. The minimum absolute atomic E-state index is 0.0806. The van der Waals surface area contributed by atoms with Gasteiger partial charge in [-0.3, -0.25) is 14.5 Å². The number of halogens is 1. The number of para-hydroxylation sites is 1. The monoisotopic (exact) mass is 478 g/mol. The van der Waals surface area contributed by atoms with Crippen LogP contribution in [0.4, 0.5) is 0 Å². The van der Waals surface area contributed by atoms with E-state index in [1.807, 2.05) is 4.90 Å². The summed E-state index contributed by atoms with van der Waals surface area (Å²) in [5.74, 6) is -0.173. The molecule has 1 saturated heterocycles. The van der Waals surface area contributed by atoms with Crippen LogP contribution in [0.3, 0.4) is 0 Å². The van der Waals surface area contributed by atoms with Crippen molar-refractivity contribution in [2.45, 2.75) is 19.9 Å². The normalized spacial score (nSPS) is 15.3. The molecule has 6 heteroatoms. The molecule has 0 aromatic heterocycles. The number of benzene rings is 2. The van der Waals surface area contributed by atoms with E-state index in [0.717, 1.165) is 26.1 Å². The van der Waals surface area contributed by atoms with Gasteiger partial charge in [-0.15, -0.1) is 0 Å². The SMILES string of the molecule is CC(=O)Oc1ccccc1C(=O)N1CCCN(Cc2cccc(I)c2)CC1. The highest BCUT2D eigenvalue weighted by atomic mass is 127. The van der Waals surface area contributed by atoms with Gasteiger partial charge in [0.15, 0.2) is 0 Å². The lowest BCUT2D eigenvalue weighted by atomic mass is 10.1. The molecule has 0 radical (unpaired) electrons. The Kier molecular flexibility index (Phi) is 6.84. The number of carbonyl (C=O) groups is 2. The first-order valence-electron chi connectivity index (χ1n) is 9.06. The number of hydrogen-bond donors (Lipinski definition) is 0. The summed E-state index contributed by atoms with van der Waals surface area (Å²) >= 11 is 2.33. The lowest BCUT2D eigenvalue weighted by molar-refractivity contribution is -0.131. The van der Waals surface area contributed by atoms with Crippen molar-refractivity contribution in [1.82, 2.24) is 9.80 Å². The van der Waals surface area contributed by atoms with Gasteiger partial charge in [-0.25, -0.2) is 0 Å². The first-order chi connectivity index (χ1) is 13.0. The average molecular weight is 478 g/mol. The highest BCUT2D eigenvalue weighted by Gasteiger charge is 2.23. The summed E-state index contributed by atoms with van der Waals surface area (Å²) in [5, 5.41) is 0. The first-order valence-corrected chi connectivity index (χ1v) is 10.1. The van der Waals surface area contributed by atoms with Crippen LogP contribution in [-0.2, 0) is 11.3 Å². The van der Waals surface area contributed by atoms with Gasteiger partial charge < -0.3 is 9.64 Å². The Labute approximate surface area is 173 Å². The summed E-state index contributed by atoms with van der Waals surface area (Å²) < 4.78 is 6.44. The quantitative estimate of drug-likeness (QED) is 0.383. The molecule has 2 aromatic rings. The molecule has 3 rings (SSSR count). The Hall–Kier alpha value is -1.93. The highest BCUT2D eigenvalue weighted by molar-refractivity contribution is 14.1. The third-order valence-electron chi connectivity index (χ3n) is 4.54. The molecular weight excluding hydrogens is 455 g/mol. The number of rotatable bonds is 4. The number of ether oxygens (including phenoxy) is 1. The summed E-state index contributed by atoms with van der Waals surface area (Å²) in [6, 6.07) is 15.5. The molecule has 1 fully saturated rings. The van der Waals surface area contributed by atoms with Crippen molar-refractivity contribution >= 4 is 34.5 Å². The predicted octanol–water partition coefficient (Wildman–Crippen LogP) is 3.56. The van der Waals surface area contributed by atoms with E-state index in [4.69, 9.17) is 4.74 Å². The van der Waals surface area contributed by atoms with Crippen LogP contribution in [0.2, 0.25) is 0 Å². The van der Waals surface area contributed by atoms with Crippen molar-refractivity contribution in [2.24, 2.45) is 0 Å². The zero-order valence-electron chi connectivity index (χ0n) is 15.4. The molecule has 0 bridgehead atoms. The van der Waals surface area contributed by atoms with Crippen LogP contribution in [0.1, 0.15) is 29.3 Å². The van der Waals surface area contributed by atoms with Crippen molar-refractivity contribution in [2.75, 3.05) is 26.2 Å². The van der Waals surface area contributed by atoms with Gasteiger partial charge in [0.25, 0.3) is 5.91 Å². The maximum Gasteiger partial charge on any atom is 0.308 e. The molecule has 142 valence electrons. The minimum atomic E-state index is -0.421. The van der Waals surface area contributed by atoms with E-state index in [-0.39, 0.29) is 5.91 Å². The number of amides is 1. The minimum Gasteiger partial charge on any atom is -0.426 e. The van der Waals surface area contributed by atoms with E-state index in [0.29, 0.717) is 24.4 Å². The maximum absolute atomic E-state index is 13.0. The number of hydrogen-bond acceptors (Lipinski definition) is 4. The fourth-order valence-corrected chi connectivity index (χ4v) is 3.89.